The molecule has 0 saturated heterocycles. The Bertz CT molecular complexity index is 540. The normalized spacial score (nSPS) is 18.2. The van der Waals surface area contributed by atoms with E-state index >= 15 is 0 Å². The monoisotopic (exact) mass is 255 g/mol. The van der Waals surface area contributed by atoms with Crippen molar-refractivity contribution in [2.75, 3.05) is 0 Å². The minimum absolute atomic E-state index is 0.155. The van der Waals surface area contributed by atoms with Crippen LogP contribution in [0.3, 0.4) is 0 Å². The summed E-state index contributed by atoms with van der Waals surface area (Å²) in [6, 6.07) is 10.8. The van der Waals surface area contributed by atoms with E-state index < -0.39 is 0 Å². The standard InChI is InChI=1S/C16H21N3/c1-2-19-11-10-18-15(19)12-14(17)16(8-9-16)13-6-4-3-5-7-13/h3-7,10-11,14H,2,8-9,12,17H2,1H3. The molecule has 0 spiro atoms. The van der Waals surface area contributed by atoms with E-state index in [1.165, 1.54) is 18.4 Å². The van der Waals surface area contributed by atoms with E-state index in [9.17, 15) is 0 Å². The SMILES string of the molecule is CCn1ccnc1CC(N)C1(c2ccccc2)CC1. The number of nitrogens with zero attached hydrogens (tertiary/aromatic N) is 2. The third kappa shape index (κ3) is 2.19. The smallest absolute Gasteiger partial charge is 0.110 e. The Morgan fingerprint density at radius 2 is 2.05 bits per heavy atom. The van der Waals surface area contributed by atoms with Gasteiger partial charge in [-0.15, -0.1) is 0 Å². The highest BCUT2D eigenvalue weighted by Crippen LogP contribution is 2.50. The molecule has 1 unspecified atom stereocenters. The Labute approximate surface area is 114 Å². The molecule has 1 fully saturated rings. The van der Waals surface area contributed by atoms with Crippen molar-refractivity contribution < 1.29 is 0 Å². The van der Waals surface area contributed by atoms with Crippen molar-refractivity contribution in [3.8, 4) is 0 Å². The molecule has 3 heteroatoms. The molecule has 0 bridgehead atoms. The zero-order valence-electron chi connectivity index (χ0n) is 11.4. The lowest BCUT2D eigenvalue weighted by Gasteiger charge is -2.24. The summed E-state index contributed by atoms with van der Waals surface area (Å²) in [5, 5.41) is 0. The van der Waals surface area contributed by atoms with Gasteiger partial charge in [0.05, 0.1) is 0 Å². The van der Waals surface area contributed by atoms with Crippen LogP contribution in [-0.4, -0.2) is 15.6 Å². The molecule has 1 aromatic carbocycles. The highest BCUT2D eigenvalue weighted by molar-refractivity contribution is 5.34. The zero-order valence-corrected chi connectivity index (χ0v) is 11.4. The van der Waals surface area contributed by atoms with Gasteiger partial charge in [0.15, 0.2) is 0 Å². The van der Waals surface area contributed by atoms with Crippen LogP contribution in [0.5, 0.6) is 0 Å². The fourth-order valence-corrected chi connectivity index (χ4v) is 2.99. The highest BCUT2D eigenvalue weighted by atomic mass is 15.1. The van der Waals surface area contributed by atoms with Gasteiger partial charge in [-0.3, -0.25) is 0 Å². The van der Waals surface area contributed by atoms with Crippen LogP contribution in [0.25, 0.3) is 0 Å². The zero-order chi connectivity index (χ0) is 13.3. The minimum Gasteiger partial charge on any atom is -0.335 e. The van der Waals surface area contributed by atoms with Gasteiger partial charge >= 0.3 is 0 Å². The number of aryl methyl sites for hydroxylation is 1. The van der Waals surface area contributed by atoms with Crippen molar-refractivity contribution in [3.63, 3.8) is 0 Å². The third-order valence-corrected chi connectivity index (χ3v) is 4.39. The van der Waals surface area contributed by atoms with Crippen LogP contribution in [0, 0.1) is 0 Å². The topological polar surface area (TPSA) is 43.8 Å². The van der Waals surface area contributed by atoms with Crippen LogP contribution in [0.15, 0.2) is 42.7 Å². The summed E-state index contributed by atoms with van der Waals surface area (Å²) in [6.07, 6.45) is 7.16. The molecule has 3 nitrogen and oxygen atoms in total. The van der Waals surface area contributed by atoms with E-state index in [1.807, 2.05) is 12.4 Å². The number of rotatable bonds is 5. The summed E-state index contributed by atoms with van der Waals surface area (Å²) >= 11 is 0. The van der Waals surface area contributed by atoms with E-state index in [-0.39, 0.29) is 11.5 Å². The lowest BCUT2D eigenvalue weighted by molar-refractivity contribution is 0.493. The number of hydrogen-bond donors (Lipinski definition) is 1. The molecule has 1 atom stereocenters. The maximum atomic E-state index is 6.51. The summed E-state index contributed by atoms with van der Waals surface area (Å²) in [4.78, 5) is 4.44. The Balaban J connectivity index is 1.79. The molecule has 3 rings (SSSR count). The lowest BCUT2D eigenvalue weighted by Crippen LogP contribution is -2.37. The van der Waals surface area contributed by atoms with Crippen LogP contribution in [0.4, 0.5) is 0 Å². The van der Waals surface area contributed by atoms with Crippen molar-refractivity contribution in [1.29, 1.82) is 0 Å². The van der Waals surface area contributed by atoms with Gasteiger partial charge in [-0.1, -0.05) is 30.3 Å². The predicted octanol–water partition coefficient (Wildman–Crippen LogP) is 2.50. The molecule has 1 heterocycles. The van der Waals surface area contributed by atoms with Gasteiger partial charge in [-0.2, -0.15) is 0 Å². The van der Waals surface area contributed by atoms with Gasteiger partial charge in [-0.05, 0) is 25.3 Å². The number of imidazole rings is 1. The first kappa shape index (κ1) is 12.4. The molecule has 0 aliphatic heterocycles. The molecule has 1 saturated carbocycles. The second-order valence-electron chi connectivity index (χ2n) is 5.46. The number of aromatic nitrogens is 2. The average Bonchev–Trinajstić information content (AvgIpc) is 3.15. The number of nitrogens with two attached hydrogens (primary N) is 1. The maximum Gasteiger partial charge on any atom is 0.110 e. The van der Waals surface area contributed by atoms with Crippen LogP contribution < -0.4 is 5.73 Å². The van der Waals surface area contributed by atoms with Crippen LogP contribution in [0.2, 0.25) is 0 Å². The predicted molar refractivity (Wildman–Crippen MR) is 76.9 cm³/mol. The Morgan fingerprint density at radius 1 is 1.32 bits per heavy atom. The van der Waals surface area contributed by atoms with E-state index in [4.69, 9.17) is 5.73 Å². The van der Waals surface area contributed by atoms with Gasteiger partial charge < -0.3 is 10.3 Å². The van der Waals surface area contributed by atoms with Crippen molar-refractivity contribution in [2.45, 2.75) is 44.2 Å². The summed E-state index contributed by atoms with van der Waals surface area (Å²) in [5.74, 6) is 1.11. The molecule has 1 aliphatic carbocycles. The first-order chi connectivity index (χ1) is 9.26. The first-order valence-corrected chi connectivity index (χ1v) is 7.07. The number of benzene rings is 1. The van der Waals surface area contributed by atoms with Crippen molar-refractivity contribution >= 4 is 0 Å². The number of hydrogen-bond acceptors (Lipinski definition) is 2. The molecule has 2 aromatic rings. The second-order valence-corrected chi connectivity index (χ2v) is 5.46. The van der Waals surface area contributed by atoms with Crippen molar-refractivity contribution in [3.05, 3.63) is 54.1 Å². The Hall–Kier alpha value is -1.61. The molecule has 2 N–H and O–H groups in total. The summed E-state index contributed by atoms with van der Waals surface area (Å²) in [6.45, 7) is 3.10. The maximum absolute atomic E-state index is 6.51. The molecule has 1 aromatic heterocycles. The fourth-order valence-electron chi connectivity index (χ4n) is 2.99. The van der Waals surface area contributed by atoms with Crippen LogP contribution >= 0.6 is 0 Å². The van der Waals surface area contributed by atoms with Gasteiger partial charge in [0.1, 0.15) is 5.82 Å². The summed E-state index contributed by atoms with van der Waals surface area (Å²) in [5.41, 5.74) is 8.08. The highest BCUT2D eigenvalue weighted by Gasteiger charge is 2.49. The second kappa shape index (κ2) is 4.82. The molecule has 0 radical (unpaired) electrons. The van der Waals surface area contributed by atoms with E-state index in [2.05, 4.69) is 46.8 Å². The first-order valence-electron chi connectivity index (χ1n) is 7.07. The molecule has 100 valence electrons. The fraction of sp³-hybridized carbons (Fsp3) is 0.438. The summed E-state index contributed by atoms with van der Waals surface area (Å²) in [7, 11) is 0. The average molecular weight is 255 g/mol. The van der Waals surface area contributed by atoms with Crippen molar-refractivity contribution in [1.82, 2.24) is 9.55 Å². The molecule has 1 aliphatic rings. The van der Waals surface area contributed by atoms with Gasteiger partial charge in [0.25, 0.3) is 0 Å². The van der Waals surface area contributed by atoms with E-state index in [1.54, 1.807) is 0 Å². The van der Waals surface area contributed by atoms with Crippen LogP contribution in [-0.2, 0) is 18.4 Å². The molecular formula is C16H21N3. The molecule has 19 heavy (non-hydrogen) atoms. The quantitative estimate of drug-likeness (QED) is 0.892. The lowest BCUT2D eigenvalue weighted by atomic mass is 9.86. The van der Waals surface area contributed by atoms with E-state index in [0.717, 1.165) is 18.8 Å². The van der Waals surface area contributed by atoms with Crippen LogP contribution in [0.1, 0.15) is 31.2 Å². The Kier molecular flexibility index (Phi) is 3.15. The van der Waals surface area contributed by atoms with E-state index in [0.29, 0.717) is 0 Å². The van der Waals surface area contributed by atoms with Crippen molar-refractivity contribution in [2.24, 2.45) is 5.73 Å². The van der Waals surface area contributed by atoms with Gasteiger partial charge in [0, 0.05) is 36.8 Å². The summed E-state index contributed by atoms with van der Waals surface area (Å²) < 4.78 is 2.18. The third-order valence-electron chi connectivity index (χ3n) is 4.39. The molecule has 0 amide bonds. The van der Waals surface area contributed by atoms with Gasteiger partial charge in [0.2, 0.25) is 0 Å². The largest absolute Gasteiger partial charge is 0.335 e. The molecular weight excluding hydrogens is 234 g/mol. The van der Waals surface area contributed by atoms with Gasteiger partial charge in [-0.25, -0.2) is 4.98 Å². The Morgan fingerprint density at radius 3 is 2.68 bits per heavy atom. The minimum atomic E-state index is 0.155.